The van der Waals surface area contributed by atoms with Gasteiger partial charge in [0.05, 0.1) is 0 Å². The van der Waals surface area contributed by atoms with Crippen LogP contribution >= 0.6 is 0 Å². The van der Waals surface area contributed by atoms with Crippen molar-refractivity contribution < 1.29 is 4.79 Å². The number of carbonyl (C=O) groups is 1. The molecule has 122 valence electrons. The number of piperidine rings is 1. The Balaban J connectivity index is 1.76. The number of rotatable bonds is 2. The van der Waals surface area contributed by atoms with Crippen LogP contribution in [0.2, 0.25) is 0 Å². The Labute approximate surface area is 130 Å². The summed E-state index contributed by atoms with van der Waals surface area (Å²) in [6, 6.07) is 1.31. The molecule has 0 bridgehead atoms. The molecular weight excluding hydrogens is 260 g/mol. The first-order valence-corrected chi connectivity index (χ1v) is 8.83. The number of nitrogens with one attached hydrogen (secondary N) is 1. The van der Waals surface area contributed by atoms with E-state index in [1.165, 1.54) is 19.3 Å². The Kier molecular flexibility index (Phi) is 5.34. The zero-order chi connectivity index (χ0) is 15.6. The molecule has 1 N–H and O–H groups in total. The first-order valence-electron chi connectivity index (χ1n) is 8.83. The van der Waals surface area contributed by atoms with E-state index in [9.17, 15) is 4.79 Å². The zero-order valence-corrected chi connectivity index (χ0v) is 14.6. The highest BCUT2D eigenvalue weighted by Crippen LogP contribution is 2.30. The molecule has 3 nitrogen and oxygen atoms in total. The highest BCUT2D eigenvalue weighted by molar-refractivity contribution is 5.81. The fourth-order valence-electron chi connectivity index (χ4n) is 3.76. The van der Waals surface area contributed by atoms with Crippen molar-refractivity contribution >= 4 is 5.91 Å². The van der Waals surface area contributed by atoms with Crippen molar-refractivity contribution in [2.75, 3.05) is 13.1 Å². The number of carbonyl (C=O) groups excluding carboxylic acids is 1. The number of amides is 1. The normalized spacial score (nSPS) is 32.2. The molecule has 0 aromatic rings. The van der Waals surface area contributed by atoms with E-state index >= 15 is 0 Å². The van der Waals surface area contributed by atoms with Gasteiger partial charge in [-0.3, -0.25) is 4.79 Å². The van der Waals surface area contributed by atoms with Crippen LogP contribution in [-0.2, 0) is 4.79 Å². The van der Waals surface area contributed by atoms with E-state index in [2.05, 4.69) is 24.1 Å². The van der Waals surface area contributed by atoms with Gasteiger partial charge >= 0.3 is 0 Å². The Bertz CT molecular complexity index is 353. The van der Waals surface area contributed by atoms with Crippen LogP contribution in [0, 0.1) is 17.3 Å². The molecule has 2 aliphatic rings. The lowest BCUT2D eigenvalue weighted by Gasteiger charge is -2.39. The first-order chi connectivity index (χ1) is 9.77. The maximum atomic E-state index is 12.3. The molecule has 0 aromatic heterocycles. The Morgan fingerprint density at radius 2 is 1.57 bits per heavy atom. The lowest BCUT2D eigenvalue weighted by Crippen LogP contribution is -2.51. The van der Waals surface area contributed by atoms with Gasteiger partial charge < -0.3 is 10.2 Å². The Morgan fingerprint density at radius 3 is 2.10 bits per heavy atom. The molecule has 2 rings (SSSR count). The van der Waals surface area contributed by atoms with Gasteiger partial charge in [-0.25, -0.2) is 0 Å². The highest BCUT2D eigenvalue weighted by atomic mass is 16.2. The smallest absolute Gasteiger partial charge is 0.227 e. The number of likely N-dealkylation sites (tertiary alicyclic amines) is 1. The maximum Gasteiger partial charge on any atom is 0.227 e. The molecule has 3 atom stereocenters. The average Bonchev–Trinajstić information content (AvgIpc) is 2.42. The van der Waals surface area contributed by atoms with Crippen LogP contribution in [0.25, 0.3) is 0 Å². The predicted molar refractivity (Wildman–Crippen MR) is 88.2 cm³/mol. The second-order valence-electron chi connectivity index (χ2n) is 8.45. The van der Waals surface area contributed by atoms with E-state index in [1.807, 2.05) is 20.8 Å². The fraction of sp³-hybridized carbons (Fsp3) is 0.944. The van der Waals surface area contributed by atoms with Crippen molar-refractivity contribution in [3.05, 3.63) is 0 Å². The van der Waals surface area contributed by atoms with Crippen molar-refractivity contribution in [1.29, 1.82) is 0 Å². The molecule has 0 radical (unpaired) electrons. The molecule has 1 amide bonds. The molecule has 0 aromatic carbocycles. The van der Waals surface area contributed by atoms with E-state index in [0.717, 1.165) is 37.8 Å². The minimum absolute atomic E-state index is 0.241. The number of hydrogen-bond acceptors (Lipinski definition) is 2. The molecule has 1 heterocycles. The summed E-state index contributed by atoms with van der Waals surface area (Å²) in [6.07, 6.45) is 6.24. The molecular formula is C18H34N2O. The highest BCUT2D eigenvalue weighted by Gasteiger charge is 2.32. The Hall–Kier alpha value is -0.570. The first kappa shape index (κ1) is 16.8. The summed E-state index contributed by atoms with van der Waals surface area (Å²) in [6.45, 7) is 12.7. The summed E-state index contributed by atoms with van der Waals surface area (Å²) in [7, 11) is 0. The molecule has 21 heavy (non-hydrogen) atoms. The summed E-state index contributed by atoms with van der Waals surface area (Å²) >= 11 is 0. The van der Waals surface area contributed by atoms with Crippen LogP contribution in [0.5, 0.6) is 0 Å². The third-order valence-electron chi connectivity index (χ3n) is 5.49. The second kappa shape index (κ2) is 6.68. The summed E-state index contributed by atoms with van der Waals surface area (Å²) in [4.78, 5) is 14.4. The SMILES string of the molecule is CC1CCC(NC2CCN(C(=O)C(C)(C)C)CC2)CC1C. The van der Waals surface area contributed by atoms with Crippen molar-refractivity contribution in [3.63, 3.8) is 0 Å². The van der Waals surface area contributed by atoms with E-state index < -0.39 is 0 Å². The van der Waals surface area contributed by atoms with Gasteiger partial charge in [0, 0.05) is 30.6 Å². The summed E-state index contributed by atoms with van der Waals surface area (Å²) in [5.41, 5.74) is -0.241. The van der Waals surface area contributed by atoms with Crippen LogP contribution in [0.4, 0.5) is 0 Å². The van der Waals surface area contributed by atoms with Gasteiger partial charge in [0.25, 0.3) is 0 Å². The molecule has 1 saturated heterocycles. The molecule has 2 fully saturated rings. The van der Waals surface area contributed by atoms with Gasteiger partial charge in [-0.15, -0.1) is 0 Å². The number of nitrogens with zero attached hydrogens (tertiary/aromatic N) is 1. The quantitative estimate of drug-likeness (QED) is 0.846. The van der Waals surface area contributed by atoms with Gasteiger partial charge in [0.2, 0.25) is 5.91 Å². The minimum Gasteiger partial charge on any atom is -0.342 e. The van der Waals surface area contributed by atoms with E-state index in [-0.39, 0.29) is 5.41 Å². The average molecular weight is 294 g/mol. The standard InChI is InChI=1S/C18H34N2O/c1-13-6-7-16(12-14(13)2)19-15-8-10-20(11-9-15)17(21)18(3,4)5/h13-16,19H,6-12H2,1-5H3. The summed E-state index contributed by atoms with van der Waals surface area (Å²) < 4.78 is 0. The summed E-state index contributed by atoms with van der Waals surface area (Å²) in [5.74, 6) is 2.04. The van der Waals surface area contributed by atoms with E-state index in [0.29, 0.717) is 18.0 Å². The van der Waals surface area contributed by atoms with Gasteiger partial charge in [-0.2, -0.15) is 0 Å². The largest absolute Gasteiger partial charge is 0.342 e. The second-order valence-corrected chi connectivity index (χ2v) is 8.45. The Morgan fingerprint density at radius 1 is 0.952 bits per heavy atom. The van der Waals surface area contributed by atoms with E-state index in [1.54, 1.807) is 0 Å². The van der Waals surface area contributed by atoms with Crippen LogP contribution < -0.4 is 5.32 Å². The zero-order valence-electron chi connectivity index (χ0n) is 14.6. The topological polar surface area (TPSA) is 32.3 Å². The third-order valence-corrected chi connectivity index (χ3v) is 5.49. The summed E-state index contributed by atoms with van der Waals surface area (Å²) in [5, 5.41) is 3.87. The van der Waals surface area contributed by atoms with Crippen molar-refractivity contribution in [1.82, 2.24) is 10.2 Å². The van der Waals surface area contributed by atoms with Gasteiger partial charge in [0.1, 0.15) is 0 Å². The molecule has 3 unspecified atom stereocenters. The molecule has 3 heteroatoms. The lowest BCUT2D eigenvalue weighted by molar-refractivity contribution is -0.140. The molecule has 0 spiro atoms. The lowest BCUT2D eigenvalue weighted by atomic mass is 9.79. The molecule has 1 saturated carbocycles. The predicted octanol–water partition coefficient (Wildman–Crippen LogP) is 3.44. The maximum absolute atomic E-state index is 12.3. The minimum atomic E-state index is -0.241. The number of hydrogen-bond donors (Lipinski definition) is 1. The molecule has 1 aliphatic heterocycles. The third kappa shape index (κ3) is 4.45. The van der Waals surface area contributed by atoms with Crippen LogP contribution in [-0.4, -0.2) is 36.0 Å². The van der Waals surface area contributed by atoms with Crippen molar-refractivity contribution in [2.45, 2.75) is 78.8 Å². The molecule has 1 aliphatic carbocycles. The fourth-order valence-corrected chi connectivity index (χ4v) is 3.76. The van der Waals surface area contributed by atoms with Crippen LogP contribution in [0.1, 0.15) is 66.7 Å². The van der Waals surface area contributed by atoms with Gasteiger partial charge in [-0.05, 0) is 43.9 Å². The van der Waals surface area contributed by atoms with Crippen molar-refractivity contribution in [3.8, 4) is 0 Å². The monoisotopic (exact) mass is 294 g/mol. The van der Waals surface area contributed by atoms with Crippen LogP contribution in [0.3, 0.4) is 0 Å². The van der Waals surface area contributed by atoms with Crippen LogP contribution in [0.15, 0.2) is 0 Å². The van der Waals surface area contributed by atoms with Gasteiger partial charge in [-0.1, -0.05) is 34.6 Å². The van der Waals surface area contributed by atoms with Gasteiger partial charge in [0.15, 0.2) is 0 Å². The van der Waals surface area contributed by atoms with Crippen molar-refractivity contribution in [2.24, 2.45) is 17.3 Å². The van der Waals surface area contributed by atoms with E-state index in [4.69, 9.17) is 0 Å².